The lowest BCUT2D eigenvalue weighted by atomic mass is 9.85. The van der Waals surface area contributed by atoms with Gasteiger partial charge < -0.3 is 17.3 Å². The van der Waals surface area contributed by atoms with Gasteiger partial charge in [-0.1, -0.05) is 91.0 Å². The highest BCUT2D eigenvalue weighted by Crippen LogP contribution is 2.31. The molecule has 0 aliphatic carbocycles. The average molecular weight is 332 g/mol. The molecule has 0 aliphatic heterocycles. The molecule has 124 valence electrons. The molecule has 3 aromatic rings. The summed E-state index contributed by atoms with van der Waals surface area (Å²) in [5.41, 5.74) is 4.00. The third-order valence-corrected chi connectivity index (χ3v) is 3.40. The van der Waals surface area contributed by atoms with Crippen LogP contribution in [0.2, 0.25) is 0 Å². The quantitative estimate of drug-likeness (QED) is 0.301. The van der Waals surface area contributed by atoms with Gasteiger partial charge in [0.05, 0.1) is 0 Å². The minimum Gasteiger partial charge on any atom is -0.418 e. The zero-order valence-electron chi connectivity index (χ0n) is 13.8. The molecule has 0 aliphatic rings. The number of benzene rings is 3. The molecular weight excluding hydrogens is 315 g/mol. The van der Waals surface area contributed by atoms with Crippen LogP contribution in [-0.4, -0.2) is 7.25 Å². The van der Waals surface area contributed by atoms with E-state index < -0.39 is 7.25 Å². The Kier molecular flexibility index (Phi) is 6.18. The molecule has 0 N–H and O–H groups in total. The SMILES string of the molecule is F[B-](F)(F)F.[H+].c1ccc(C(c2ccccc2)c2ccccc2)cc1. The Hall–Kier alpha value is -2.56. The summed E-state index contributed by atoms with van der Waals surface area (Å²) < 4.78 is 39.0. The topological polar surface area (TPSA) is 0 Å². The summed E-state index contributed by atoms with van der Waals surface area (Å²) in [5, 5.41) is 0. The first-order chi connectivity index (χ1) is 11.4. The summed E-state index contributed by atoms with van der Waals surface area (Å²) in [5.74, 6) is 0.309. The highest BCUT2D eigenvalue weighted by molar-refractivity contribution is 6.50. The van der Waals surface area contributed by atoms with Crippen LogP contribution in [0.25, 0.3) is 0 Å². The van der Waals surface area contributed by atoms with Crippen molar-refractivity contribution in [3.63, 3.8) is 0 Å². The van der Waals surface area contributed by atoms with E-state index >= 15 is 0 Å². The molecule has 0 heterocycles. The van der Waals surface area contributed by atoms with Gasteiger partial charge in [0.15, 0.2) is 0 Å². The molecule has 0 aromatic heterocycles. The van der Waals surface area contributed by atoms with Crippen molar-refractivity contribution in [1.29, 1.82) is 0 Å². The zero-order chi connectivity index (χ0) is 17.4. The number of hydrogen-bond acceptors (Lipinski definition) is 0. The summed E-state index contributed by atoms with van der Waals surface area (Å²) in [7, 11) is -6.00. The summed E-state index contributed by atoms with van der Waals surface area (Å²) in [4.78, 5) is 0. The van der Waals surface area contributed by atoms with Gasteiger partial charge in [-0.05, 0) is 16.7 Å². The van der Waals surface area contributed by atoms with Crippen molar-refractivity contribution < 1.29 is 18.7 Å². The van der Waals surface area contributed by atoms with Crippen molar-refractivity contribution in [3.05, 3.63) is 108 Å². The van der Waals surface area contributed by atoms with Crippen molar-refractivity contribution in [1.82, 2.24) is 0 Å². The fourth-order valence-corrected chi connectivity index (χ4v) is 2.51. The third kappa shape index (κ3) is 5.91. The zero-order valence-corrected chi connectivity index (χ0v) is 12.8. The molecular formula is C19H17BF4. The Bertz CT molecular complexity index is 619. The molecule has 0 fully saturated rings. The van der Waals surface area contributed by atoms with Crippen LogP contribution >= 0.6 is 0 Å². The molecule has 0 amide bonds. The Labute approximate surface area is 140 Å². The van der Waals surface area contributed by atoms with Crippen LogP contribution in [-0.2, 0) is 0 Å². The molecule has 5 heteroatoms. The minimum atomic E-state index is -6.00. The van der Waals surface area contributed by atoms with Gasteiger partial charge in [-0.25, -0.2) is 0 Å². The van der Waals surface area contributed by atoms with Crippen LogP contribution in [0, 0.1) is 0 Å². The van der Waals surface area contributed by atoms with Gasteiger partial charge in [0.25, 0.3) is 0 Å². The summed E-state index contributed by atoms with van der Waals surface area (Å²) in [6.07, 6.45) is 0. The van der Waals surface area contributed by atoms with Crippen LogP contribution in [0.15, 0.2) is 91.0 Å². The van der Waals surface area contributed by atoms with Crippen LogP contribution in [0.3, 0.4) is 0 Å². The maximum absolute atomic E-state index is 9.75. The Morgan fingerprint density at radius 1 is 0.500 bits per heavy atom. The van der Waals surface area contributed by atoms with Gasteiger partial charge in [0.2, 0.25) is 0 Å². The highest BCUT2D eigenvalue weighted by atomic mass is 19.5. The van der Waals surface area contributed by atoms with Gasteiger partial charge >= 0.3 is 8.68 Å². The number of rotatable bonds is 3. The second-order valence-electron chi connectivity index (χ2n) is 5.16. The first-order valence-electron chi connectivity index (χ1n) is 7.47. The lowest BCUT2D eigenvalue weighted by molar-refractivity contribution is 0.368. The van der Waals surface area contributed by atoms with E-state index in [1.165, 1.54) is 16.7 Å². The monoisotopic (exact) mass is 332 g/mol. The molecule has 0 unspecified atom stereocenters. The molecule has 0 radical (unpaired) electrons. The van der Waals surface area contributed by atoms with Gasteiger partial charge in [-0.2, -0.15) is 0 Å². The molecule has 0 saturated heterocycles. The molecule has 0 nitrogen and oxygen atoms in total. The molecule has 0 bridgehead atoms. The molecule has 3 rings (SSSR count). The normalized spacial score (nSPS) is 10.9. The second-order valence-corrected chi connectivity index (χ2v) is 5.16. The van der Waals surface area contributed by atoms with E-state index in [9.17, 15) is 17.3 Å². The van der Waals surface area contributed by atoms with Crippen LogP contribution < -0.4 is 0 Å². The Morgan fingerprint density at radius 3 is 0.917 bits per heavy atom. The first kappa shape index (κ1) is 17.8. The molecule has 24 heavy (non-hydrogen) atoms. The smallest absolute Gasteiger partial charge is 0.418 e. The molecule has 3 aromatic carbocycles. The first-order valence-corrected chi connectivity index (χ1v) is 7.47. The molecule has 0 spiro atoms. The Balaban J connectivity index is 0.000000462. The summed E-state index contributed by atoms with van der Waals surface area (Å²) >= 11 is 0. The predicted octanol–water partition coefficient (Wildman–Crippen LogP) is 6.28. The van der Waals surface area contributed by atoms with Crippen LogP contribution in [0.4, 0.5) is 17.3 Å². The Morgan fingerprint density at radius 2 is 0.708 bits per heavy atom. The number of hydrogen-bond donors (Lipinski definition) is 0. The van der Waals surface area contributed by atoms with E-state index in [4.69, 9.17) is 0 Å². The van der Waals surface area contributed by atoms with Crippen LogP contribution in [0.1, 0.15) is 24.0 Å². The van der Waals surface area contributed by atoms with Gasteiger partial charge in [-0.15, -0.1) is 0 Å². The minimum absolute atomic E-state index is 0. The predicted molar refractivity (Wildman–Crippen MR) is 91.6 cm³/mol. The fourth-order valence-electron chi connectivity index (χ4n) is 2.51. The van der Waals surface area contributed by atoms with E-state index in [0.717, 1.165) is 0 Å². The standard InChI is InChI=1S/C19H16.BF4/c1-4-10-16(11-5-1)19(17-12-6-2-7-13-17)18-14-8-3-9-15-18;2-1(3,4)5/h1-15,19H;/q;-1/p+1. The molecule has 0 atom stereocenters. The van der Waals surface area contributed by atoms with Crippen molar-refractivity contribution in [2.45, 2.75) is 5.92 Å². The van der Waals surface area contributed by atoms with E-state index in [1.807, 2.05) is 0 Å². The maximum atomic E-state index is 9.75. The van der Waals surface area contributed by atoms with E-state index in [2.05, 4.69) is 91.0 Å². The van der Waals surface area contributed by atoms with E-state index in [0.29, 0.717) is 5.92 Å². The van der Waals surface area contributed by atoms with Crippen molar-refractivity contribution in [2.75, 3.05) is 0 Å². The fraction of sp³-hybridized carbons (Fsp3) is 0.0526. The highest BCUT2D eigenvalue weighted by Gasteiger charge is 2.20. The second kappa shape index (κ2) is 8.34. The van der Waals surface area contributed by atoms with Gasteiger partial charge in [0, 0.05) is 5.92 Å². The maximum Gasteiger partial charge on any atom is 1.00 e. The van der Waals surface area contributed by atoms with Gasteiger partial charge in [-0.3, -0.25) is 0 Å². The largest absolute Gasteiger partial charge is 1.00 e. The molecule has 0 saturated carbocycles. The van der Waals surface area contributed by atoms with Crippen molar-refractivity contribution in [3.8, 4) is 0 Å². The third-order valence-electron chi connectivity index (χ3n) is 3.40. The number of halogens is 4. The van der Waals surface area contributed by atoms with Crippen molar-refractivity contribution in [2.24, 2.45) is 0 Å². The lowest BCUT2D eigenvalue weighted by Crippen LogP contribution is -2.02. The average Bonchev–Trinajstić information content (AvgIpc) is 2.57. The van der Waals surface area contributed by atoms with Gasteiger partial charge in [0.1, 0.15) is 0 Å². The van der Waals surface area contributed by atoms with E-state index in [-0.39, 0.29) is 1.43 Å². The van der Waals surface area contributed by atoms with Crippen molar-refractivity contribution >= 4 is 7.25 Å². The van der Waals surface area contributed by atoms with Crippen LogP contribution in [0.5, 0.6) is 0 Å². The summed E-state index contributed by atoms with van der Waals surface area (Å²) in [6.45, 7) is 0. The lowest BCUT2D eigenvalue weighted by Gasteiger charge is -2.18. The summed E-state index contributed by atoms with van der Waals surface area (Å²) in [6, 6.07) is 32.0. The van der Waals surface area contributed by atoms with E-state index in [1.54, 1.807) is 0 Å².